The summed E-state index contributed by atoms with van der Waals surface area (Å²) in [5, 5.41) is 7.97. The number of halogens is 1. The van der Waals surface area contributed by atoms with Crippen molar-refractivity contribution >= 4 is 15.9 Å². The molecular weight excluding hydrogens is 312 g/mol. The zero-order chi connectivity index (χ0) is 13.8. The molecule has 1 aromatic heterocycles. The molecule has 0 radical (unpaired) electrons. The summed E-state index contributed by atoms with van der Waals surface area (Å²) >= 11 is 3.43. The largest absolute Gasteiger partial charge is 0.496 e. The van der Waals surface area contributed by atoms with Crippen LogP contribution in [0.1, 0.15) is 11.3 Å². The Balaban J connectivity index is 2.32. The molecule has 0 amide bonds. The molecule has 2 N–H and O–H groups in total. The van der Waals surface area contributed by atoms with Crippen LogP contribution < -0.4 is 15.2 Å². The second-order valence-corrected chi connectivity index (χ2v) is 4.76. The van der Waals surface area contributed by atoms with Gasteiger partial charge in [-0.2, -0.15) is 0 Å². The van der Waals surface area contributed by atoms with Crippen molar-refractivity contribution in [3.63, 3.8) is 0 Å². The van der Waals surface area contributed by atoms with Crippen LogP contribution in [0.4, 0.5) is 0 Å². The van der Waals surface area contributed by atoms with E-state index < -0.39 is 0 Å². The molecule has 7 heteroatoms. The van der Waals surface area contributed by atoms with Gasteiger partial charge in [-0.3, -0.25) is 0 Å². The molecule has 19 heavy (non-hydrogen) atoms. The first-order chi connectivity index (χ1) is 9.17. The number of nitrogens with two attached hydrogens (primary N) is 1. The molecule has 6 nitrogen and oxygen atoms in total. The highest BCUT2D eigenvalue weighted by molar-refractivity contribution is 9.10. The highest BCUT2D eigenvalue weighted by atomic mass is 79.9. The van der Waals surface area contributed by atoms with Crippen molar-refractivity contribution in [2.24, 2.45) is 5.73 Å². The van der Waals surface area contributed by atoms with E-state index in [1.807, 2.05) is 18.3 Å². The van der Waals surface area contributed by atoms with Crippen molar-refractivity contribution in [1.82, 2.24) is 15.0 Å². The van der Waals surface area contributed by atoms with Gasteiger partial charge in [0.15, 0.2) is 0 Å². The van der Waals surface area contributed by atoms with Crippen LogP contribution in [0.15, 0.2) is 22.8 Å². The Bertz CT molecular complexity index is 571. The number of hydrogen-bond donors (Lipinski definition) is 1. The van der Waals surface area contributed by atoms with Gasteiger partial charge in [-0.1, -0.05) is 5.21 Å². The minimum absolute atomic E-state index is 0.376. The average molecular weight is 327 g/mol. The maximum absolute atomic E-state index is 5.51. The highest BCUT2D eigenvalue weighted by Crippen LogP contribution is 2.33. The lowest BCUT2D eigenvalue weighted by molar-refractivity contribution is 0.394. The molecule has 0 aliphatic carbocycles. The molecule has 1 aromatic carbocycles. The molecule has 0 saturated carbocycles. The summed E-state index contributed by atoms with van der Waals surface area (Å²) in [6.45, 7) is 0.917. The molecule has 0 aliphatic heterocycles. The van der Waals surface area contributed by atoms with Gasteiger partial charge in [0.2, 0.25) is 0 Å². The Labute approximate surface area is 119 Å². The molecule has 0 unspecified atom stereocenters. The molecule has 0 spiro atoms. The van der Waals surface area contributed by atoms with Crippen LogP contribution in [-0.4, -0.2) is 29.2 Å². The van der Waals surface area contributed by atoms with Crippen LogP contribution in [0.2, 0.25) is 0 Å². The number of aromatic nitrogens is 3. The summed E-state index contributed by atoms with van der Waals surface area (Å²) in [7, 11) is 3.25. The lowest BCUT2D eigenvalue weighted by Crippen LogP contribution is -2.03. The minimum atomic E-state index is 0.376. The molecule has 2 aromatic rings. The Morgan fingerprint density at radius 3 is 2.58 bits per heavy atom. The lowest BCUT2D eigenvalue weighted by Gasteiger charge is -2.12. The van der Waals surface area contributed by atoms with E-state index in [4.69, 9.17) is 15.2 Å². The van der Waals surface area contributed by atoms with E-state index in [2.05, 4.69) is 26.2 Å². The topological polar surface area (TPSA) is 75.2 Å². The summed E-state index contributed by atoms with van der Waals surface area (Å²) in [6, 6.07) is 3.78. The smallest absolute Gasteiger partial charge is 0.133 e. The molecule has 102 valence electrons. The maximum atomic E-state index is 5.51. The molecule has 0 atom stereocenters. The average Bonchev–Trinajstić information content (AvgIpc) is 2.88. The van der Waals surface area contributed by atoms with Crippen molar-refractivity contribution < 1.29 is 9.47 Å². The summed E-state index contributed by atoms with van der Waals surface area (Å²) in [4.78, 5) is 0. The molecular formula is C12H15BrN4O2. The van der Waals surface area contributed by atoms with Gasteiger partial charge < -0.3 is 15.2 Å². The monoisotopic (exact) mass is 326 g/mol. The number of nitrogens with zero attached hydrogens (tertiary/aromatic N) is 3. The minimum Gasteiger partial charge on any atom is -0.496 e. The summed E-state index contributed by atoms with van der Waals surface area (Å²) in [5.74, 6) is 1.51. The third kappa shape index (κ3) is 3.05. The number of ether oxygens (including phenoxy) is 2. The third-order valence-electron chi connectivity index (χ3n) is 2.68. The summed E-state index contributed by atoms with van der Waals surface area (Å²) in [6.07, 6.45) is 1.81. The van der Waals surface area contributed by atoms with E-state index >= 15 is 0 Å². The first-order valence-corrected chi connectivity index (χ1v) is 6.46. The summed E-state index contributed by atoms with van der Waals surface area (Å²) in [5.41, 5.74) is 7.22. The molecule has 1 heterocycles. The SMILES string of the molecule is COc1cc(Cn2cc(CN)nn2)c(OC)cc1Br. The van der Waals surface area contributed by atoms with E-state index in [0.29, 0.717) is 13.1 Å². The fourth-order valence-electron chi connectivity index (χ4n) is 1.73. The normalized spacial score (nSPS) is 10.5. The Morgan fingerprint density at radius 1 is 1.26 bits per heavy atom. The molecule has 0 bridgehead atoms. The quantitative estimate of drug-likeness (QED) is 0.902. The van der Waals surface area contributed by atoms with Crippen molar-refractivity contribution in [3.8, 4) is 11.5 Å². The van der Waals surface area contributed by atoms with Gasteiger partial charge >= 0.3 is 0 Å². The van der Waals surface area contributed by atoms with Gasteiger partial charge in [-0.15, -0.1) is 5.10 Å². The van der Waals surface area contributed by atoms with Crippen molar-refractivity contribution in [3.05, 3.63) is 34.1 Å². The van der Waals surface area contributed by atoms with Gasteiger partial charge in [0, 0.05) is 12.1 Å². The number of benzene rings is 1. The van der Waals surface area contributed by atoms with E-state index in [9.17, 15) is 0 Å². The predicted molar refractivity (Wildman–Crippen MR) is 74.3 cm³/mol. The summed E-state index contributed by atoms with van der Waals surface area (Å²) < 4.78 is 13.2. The zero-order valence-electron chi connectivity index (χ0n) is 10.8. The van der Waals surface area contributed by atoms with Gasteiger partial charge in [-0.05, 0) is 28.1 Å². The fourth-order valence-corrected chi connectivity index (χ4v) is 2.22. The zero-order valence-corrected chi connectivity index (χ0v) is 12.3. The van der Waals surface area contributed by atoms with Gasteiger partial charge in [0.1, 0.15) is 11.5 Å². The number of methoxy groups -OCH3 is 2. The van der Waals surface area contributed by atoms with Gasteiger partial charge in [0.25, 0.3) is 0 Å². The van der Waals surface area contributed by atoms with Crippen LogP contribution in [0.3, 0.4) is 0 Å². The van der Waals surface area contributed by atoms with E-state index in [1.165, 1.54) is 0 Å². The van der Waals surface area contributed by atoms with Crippen LogP contribution in [0.25, 0.3) is 0 Å². The van der Waals surface area contributed by atoms with E-state index in [1.54, 1.807) is 18.9 Å². The fraction of sp³-hybridized carbons (Fsp3) is 0.333. The number of hydrogen-bond acceptors (Lipinski definition) is 5. The molecule has 0 saturated heterocycles. The molecule has 0 fully saturated rings. The predicted octanol–water partition coefficient (Wildman–Crippen LogP) is 1.56. The lowest BCUT2D eigenvalue weighted by atomic mass is 10.2. The number of rotatable bonds is 5. The Hall–Kier alpha value is -1.60. The molecule has 2 rings (SSSR count). The Morgan fingerprint density at radius 2 is 2.00 bits per heavy atom. The second-order valence-electron chi connectivity index (χ2n) is 3.91. The Kier molecular flexibility index (Phi) is 4.39. The van der Waals surface area contributed by atoms with Crippen LogP contribution in [0, 0.1) is 0 Å². The van der Waals surface area contributed by atoms with E-state index in [0.717, 1.165) is 27.2 Å². The maximum Gasteiger partial charge on any atom is 0.133 e. The van der Waals surface area contributed by atoms with Crippen LogP contribution in [0.5, 0.6) is 11.5 Å². The van der Waals surface area contributed by atoms with Gasteiger partial charge in [-0.25, -0.2) is 4.68 Å². The van der Waals surface area contributed by atoms with Crippen molar-refractivity contribution in [2.45, 2.75) is 13.1 Å². The second kappa shape index (κ2) is 6.03. The van der Waals surface area contributed by atoms with Crippen molar-refractivity contribution in [1.29, 1.82) is 0 Å². The first-order valence-electron chi connectivity index (χ1n) is 5.67. The van der Waals surface area contributed by atoms with Crippen LogP contribution >= 0.6 is 15.9 Å². The van der Waals surface area contributed by atoms with Crippen LogP contribution in [-0.2, 0) is 13.1 Å². The van der Waals surface area contributed by atoms with Gasteiger partial charge in [0.05, 0.1) is 37.1 Å². The standard InChI is InChI=1S/C12H15BrN4O2/c1-18-11-4-10(13)12(19-2)3-8(11)6-17-7-9(5-14)15-16-17/h3-4,7H,5-6,14H2,1-2H3. The third-order valence-corrected chi connectivity index (χ3v) is 3.30. The molecule has 0 aliphatic rings. The van der Waals surface area contributed by atoms with Crippen molar-refractivity contribution in [2.75, 3.05) is 14.2 Å². The van der Waals surface area contributed by atoms with E-state index in [-0.39, 0.29) is 0 Å². The first kappa shape index (κ1) is 13.8. The highest BCUT2D eigenvalue weighted by Gasteiger charge is 2.11.